The molecule has 0 saturated heterocycles. The average Bonchev–Trinajstić information content (AvgIpc) is 3.14. The van der Waals surface area contributed by atoms with Crippen LogP contribution in [0.15, 0.2) is 35.4 Å². The Morgan fingerprint density at radius 2 is 2.13 bits per heavy atom. The van der Waals surface area contributed by atoms with Gasteiger partial charge in [0.25, 0.3) is 5.56 Å². The molecular weight excluding hydrogens is 400 g/mol. The number of hydrogen-bond donors (Lipinski definition) is 1. The maximum atomic E-state index is 13.0. The van der Waals surface area contributed by atoms with Gasteiger partial charge in [0.2, 0.25) is 0 Å². The Labute approximate surface area is 179 Å². The molecule has 0 fully saturated rings. The summed E-state index contributed by atoms with van der Waals surface area (Å²) in [4.78, 5) is 19.6. The van der Waals surface area contributed by atoms with Crippen molar-refractivity contribution in [1.82, 2.24) is 9.55 Å². The standard InChI is InChI=1S/C23H26N2O4S/c1-3-6-15-9-10-18(19(11-15)28-2)29-13-16(26)12-25-14-24-22-21(23(25)27)17-7-4-5-8-20(17)30-22/h3,6,9-11,14,16,26H,4-5,7-8,12-13H2,1-2H3/b6-3+. The van der Waals surface area contributed by atoms with Crippen molar-refractivity contribution >= 4 is 27.6 Å². The third-order valence-electron chi connectivity index (χ3n) is 5.33. The summed E-state index contributed by atoms with van der Waals surface area (Å²) in [7, 11) is 1.58. The molecule has 0 aliphatic heterocycles. The van der Waals surface area contributed by atoms with Crippen LogP contribution in [0.5, 0.6) is 11.5 Å². The summed E-state index contributed by atoms with van der Waals surface area (Å²) in [6.07, 6.45) is 8.85. The molecular formula is C23H26N2O4S. The highest BCUT2D eigenvalue weighted by Crippen LogP contribution is 2.33. The van der Waals surface area contributed by atoms with Crippen LogP contribution in [0.4, 0.5) is 0 Å². The third-order valence-corrected chi connectivity index (χ3v) is 6.53. The normalized spacial score (nSPS) is 14.8. The maximum Gasteiger partial charge on any atom is 0.262 e. The van der Waals surface area contributed by atoms with Gasteiger partial charge >= 0.3 is 0 Å². The van der Waals surface area contributed by atoms with Crippen LogP contribution >= 0.6 is 11.3 Å². The number of rotatable bonds is 7. The number of thiophene rings is 1. The minimum absolute atomic E-state index is 0.0472. The second-order valence-electron chi connectivity index (χ2n) is 7.47. The lowest BCUT2D eigenvalue weighted by molar-refractivity contribution is 0.0900. The van der Waals surface area contributed by atoms with Crippen molar-refractivity contribution in [3.05, 3.63) is 57.0 Å². The molecule has 2 heterocycles. The fourth-order valence-corrected chi connectivity index (χ4v) is 5.10. The molecule has 0 spiro atoms. The SMILES string of the molecule is C/C=C/c1ccc(OCC(O)Cn2cnc3sc4c(c3c2=O)CCCC4)c(OC)c1. The number of benzene rings is 1. The summed E-state index contributed by atoms with van der Waals surface area (Å²) in [5.41, 5.74) is 2.09. The molecule has 30 heavy (non-hydrogen) atoms. The van der Waals surface area contributed by atoms with E-state index in [0.717, 1.165) is 40.6 Å². The van der Waals surface area contributed by atoms with Gasteiger partial charge in [-0.2, -0.15) is 0 Å². The molecule has 0 amide bonds. The summed E-state index contributed by atoms with van der Waals surface area (Å²) >= 11 is 1.63. The number of aliphatic hydroxyl groups excluding tert-OH is 1. The monoisotopic (exact) mass is 426 g/mol. The predicted molar refractivity (Wildman–Crippen MR) is 120 cm³/mol. The van der Waals surface area contributed by atoms with Gasteiger partial charge in [0, 0.05) is 4.88 Å². The average molecular weight is 427 g/mol. The van der Waals surface area contributed by atoms with Gasteiger partial charge in [0.15, 0.2) is 11.5 Å². The van der Waals surface area contributed by atoms with Crippen molar-refractivity contribution in [1.29, 1.82) is 0 Å². The van der Waals surface area contributed by atoms with Gasteiger partial charge in [-0.25, -0.2) is 4.98 Å². The van der Waals surface area contributed by atoms with E-state index >= 15 is 0 Å². The van der Waals surface area contributed by atoms with E-state index < -0.39 is 6.10 Å². The van der Waals surface area contributed by atoms with Crippen molar-refractivity contribution in [3.8, 4) is 11.5 Å². The van der Waals surface area contributed by atoms with Crippen LogP contribution < -0.4 is 15.0 Å². The second kappa shape index (κ2) is 9.02. The Bertz CT molecular complexity index is 1130. The van der Waals surface area contributed by atoms with Crippen molar-refractivity contribution in [2.24, 2.45) is 0 Å². The number of nitrogens with zero attached hydrogens (tertiary/aromatic N) is 2. The summed E-state index contributed by atoms with van der Waals surface area (Å²) < 4.78 is 12.6. The molecule has 6 nitrogen and oxygen atoms in total. The Kier molecular flexibility index (Phi) is 6.20. The van der Waals surface area contributed by atoms with Crippen LogP contribution in [0.1, 0.15) is 35.8 Å². The van der Waals surface area contributed by atoms with Gasteiger partial charge in [-0.3, -0.25) is 9.36 Å². The van der Waals surface area contributed by atoms with Crippen LogP contribution in [0.2, 0.25) is 0 Å². The maximum absolute atomic E-state index is 13.0. The molecule has 1 aliphatic carbocycles. The first-order valence-electron chi connectivity index (χ1n) is 10.2. The number of allylic oxidation sites excluding steroid dienone is 1. The highest BCUT2D eigenvalue weighted by molar-refractivity contribution is 7.18. The van der Waals surface area contributed by atoms with E-state index in [1.165, 1.54) is 22.2 Å². The molecule has 1 atom stereocenters. The third kappa shape index (κ3) is 4.13. The van der Waals surface area contributed by atoms with Crippen LogP contribution in [0, 0.1) is 0 Å². The van der Waals surface area contributed by atoms with Gasteiger partial charge < -0.3 is 14.6 Å². The van der Waals surface area contributed by atoms with Gasteiger partial charge in [-0.1, -0.05) is 18.2 Å². The number of aromatic nitrogens is 2. The minimum atomic E-state index is -0.851. The number of fused-ring (bicyclic) bond motifs is 3. The molecule has 1 aromatic carbocycles. The van der Waals surface area contributed by atoms with E-state index in [-0.39, 0.29) is 18.7 Å². The largest absolute Gasteiger partial charge is 0.493 e. The molecule has 1 aliphatic rings. The molecule has 4 rings (SSSR count). The van der Waals surface area contributed by atoms with E-state index in [4.69, 9.17) is 9.47 Å². The summed E-state index contributed by atoms with van der Waals surface area (Å²) in [6.45, 7) is 2.13. The van der Waals surface area contributed by atoms with Crippen LogP contribution in [-0.4, -0.2) is 34.5 Å². The highest BCUT2D eigenvalue weighted by Gasteiger charge is 2.20. The van der Waals surface area contributed by atoms with Crippen molar-refractivity contribution in [2.75, 3.05) is 13.7 Å². The first kappa shape index (κ1) is 20.6. The van der Waals surface area contributed by atoms with E-state index in [0.29, 0.717) is 11.5 Å². The first-order valence-corrected chi connectivity index (χ1v) is 11.0. The van der Waals surface area contributed by atoms with Crippen LogP contribution in [0.25, 0.3) is 16.3 Å². The Hall–Kier alpha value is -2.64. The molecule has 1 unspecified atom stereocenters. The smallest absolute Gasteiger partial charge is 0.262 e. The van der Waals surface area contributed by atoms with E-state index in [2.05, 4.69) is 4.98 Å². The molecule has 7 heteroatoms. The minimum Gasteiger partial charge on any atom is -0.493 e. The summed E-state index contributed by atoms with van der Waals surface area (Å²) in [5, 5.41) is 11.2. The topological polar surface area (TPSA) is 73.6 Å². The number of aryl methyl sites for hydroxylation is 2. The number of ether oxygens (including phenoxy) is 2. The first-order chi connectivity index (χ1) is 14.6. The number of aliphatic hydroxyl groups is 1. The Morgan fingerprint density at radius 3 is 2.93 bits per heavy atom. The predicted octanol–water partition coefficient (Wildman–Crippen LogP) is 3.82. The van der Waals surface area contributed by atoms with Gasteiger partial charge in [0.1, 0.15) is 17.5 Å². The zero-order valence-corrected chi connectivity index (χ0v) is 18.1. The Morgan fingerprint density at radius 1 is 1.30 bits per heavy atom. The lowest BCUT2D eigenvalue weighted by atomic mass is 9.97. The van der Waals surface area contributed by atoms with Gasteiger partial charge in [0.05, 0.1) is 25.4 Å². The number of methoxy groups -OCH3 is 1. The van der Waals surface area contributed by atoms with Crippen LogP contribution in [-0.2, 0) is 19.4 Å². The summed E-state index contributed by atoms with van der Waals surface area (Å²) in [5.74, 6) is 1.15. The van der Waals surface area contributed by atoms with E-state index in [9.17, 15) is 9.90 Å². The lowest BCUT2D eigenvalue weighted by Gasteiger charge is -2.16. The van der Waals surface area contributed by atoms with Crippen LogP contribution in [0.3, 0.4) is 0 Å². The molecule has 0 bridgehead atoms. The fourth-order valence-electron chi connectivity index (χ4n) is 3.88. The zero-order chi connectivity index (χ0) is 21.1. The van der Waals surface area contributed by atoms with Gasteiger partial charge in [-0.15, -0.1) is 11.3 Å². The number of hydrogen-bond acceptors (Lipinski definition) is 6. The Balaban J connectivity index is 1.48. The van der Waals surface area contributed by atoms with Crippen molar-refractivity contribution in [3.63, 3.8) is 0 Å². The molecule has 158 valence electrons. The highest BCUT2D eigenvalue weighted by atomic mass is 32.1. The molecule has 2 aromatic heterocycles. The van der Waals surface area contributed by atoms with Crippen molar-refractivity contribution < 1.29 is 14.6 Å². The summed E-state index contributed by atoms with van der Waals surface area (Å²) in [6, 6.07) is 5.62. The lowest BCUT2D eigenvalue weighted by Crippen LogP contribution is -2.30. The molecule has 0 radical (unpaired) electrons. The van der Waals surface area contributed by atoms with Crippen molar-refractivity contribution in [2.45, 2.75) is 45.3 Å². The molecule has 3 aromatic rings. The van der Waals surface area contributed by atoms with Gasteiger partial charge in [-0.05, 0) is 55.9 Å². The fraction of sp³-hybridized carbons (Fsp3) is 0.391. The zero-order valence-electron chi connectivity index (χ0n) is 17.3. The second-order valence-corrected chi connectivity index (χ2v) is 8.55. The molecule has 0 saturated carbocycles. The van der Waals surface area contributed by atoms with E-state index in [1.54, 1.807) is 18.4 Å². The van der Waals surface area contributed by atoms with E-state index in [1.807, 2.05) is 37.3 Å². The molecule has 1 N–H and O–H groups in total. The quantitative estimate of drug-likeness (QED) is 0.622.